The Labute approximate surface area is 140 Å². The Hall–Kier alpha value is -2.62. The minimum Gasteiger partial charge on any atom is -0.477 e. The van der Waals surface area contributed by atoms with E-state index in [-0.39, 0.29) is 4.91 Å². The van der Waals surface area contributed by atoms with Crippen LogP contribution in [-0.2, 0) is 4.79 Å². The van der Waals surface area contributed by atoms with Gasteiger partial charge in [-0.2, -0.15) is 5.26 Å². The fraction of sp³-hybridized carbons (Fsp3) is 0. The SMILES string of the molecule is N#Cc1ccc(/C=C(/Sc2nc3ccccc3s2)C(=O)O)cc1. The molecular weight excluding hydrogens is 328 g/mol. The van der Waals surface area contributed by atoms with E-state index >= 15 is 0 Å². The van der Waals surface area contributed by atoms with Crippen molar-refractivity contribution in [3.05, 3.63) is 64.6 Å². The maximum Gasteiger partial charge on any atom is 0.342 e. The van der Waals surface area contributed by atoms with Crippen molar-refractivity contribution in [1.82, 2.24) is 4.98 Å². The molecule has 1 heterocycles. The molecule has 6 heteroatoms. The Morgan fingerprint density at radius 1 is 1.22 bits per heavy atom. The van der Waals surface area contributed by atoms with Crippen molar-refractivity contribution in [3.63, 3.8) is 0 Å². The summed E-state index contributed by atoms with van der Waals surface area (Å²) in [7, 11) is 0. The van der Waals surface area contributed by atoms with E-state index in [1.807, 2.05) is 30.3 Å². The molecule has 0 unspecified atom stereocenters. The molecule has 0 amide bonds. The summed E-state index contributed by atoms with van der Waals surface area (Å²) in [5.41, 5.74) is 2.14. The van der Waals surface area contributed by atoms with Gasteiger partial charge in [0.1, 0.15) is 4.91 Å². The van der Waals surface area contributed by atoms with Crippen LogP contribution in [0.3, 0.4) is 0 Å². The summed E-state index contributed by atoms with van der Waals surface area (Å²) in [6.45, 7) is 0. The molecule has 0 radical (unpaired) electrons. The molecule has 0 fully saturated rings. The molecule has 1 N–H and O–H groups in total. The highest BCUT2D eigenvalue weighted by Gasteiger charge is 2.13. The van der Waals surface area contributed by atoms with Gasteiger partial charge in [-0.1, -0.05) is 36.0 Å². The molecule has 0 aliphatic rings. The topological polar surface area (TPSA) is 74.0 Å². The van der Waals surface area contributed by atoms with Crippen molar-refractivity contribution in [1.29, 1.82) is 5.26 Å². The van der Waals surface area contributed by atoms with Crippen LogP contribution in [0.15, 0.2) is 57.8 Å². The van der Waals surface area contributed by atoms with Crippen LogP contribution in [0.1, 0.15) is 11.1 Å². The van der Waals surface area contributed by atoms with Crippen LogP contribution in [-0.4, -0.2) is 16.1 Å². The molecule has 0 atom stereocenters. The number of carboxylic acid groups (broad SMARTS) is 1. The molecule has 0 saturated heterocycles. The number of aromatic nitrogens is 1. The monoisotopic (exact) mass is 338 g/mol. The van der Waals surface area contributed by atoms with Gasteiger partial charge in [0.15, 0.2) is 4.34 Å². The molecular formula is C17H10N2O2S2. The van der Waals surface area contributed by atoms with Crippen molar-refractivity contribution in [2.24, 2.45) is 0 Å². The number of aliphatic carboxylic acids is 1. The highest BCUT2D eigenvalue weighted by atomic mass is 32.2. The first-order valence-electron chi connectivity index (χ1n) is 6.64. The molecule has 2 aromatic carbocycles. The maximum atomic E-state index is 11.5. The molecule has 0 saturated carbocycles. The highest BCUT2D eigenvalue weighted by Crippen LogP contribution is 2.34. The van der Waals surface area contributed by atoms with Gasteiger partial charge in [0, 0.05) is 0 Å². The van der Waals surface area contributed by atoms with Crippen LogP contribution in [0.2, 0.25) is 0 Å². The summed E-state index contributed by atoms with van der Waals surface area (Å²) in [5.74, 6) is -1.00. The van der Waals surface area contributed by atoms with E-state index in [1.165, 1.54) is 11.3 Å². The Kier molecular flexibility index (Phi) is 4.42. The lowest BCUT2D eigenvalue weighted by molar-refractivity contribution is -0.131. The molecule has 3 aromatic rings. The van der Waals surface area contributed by atoms with Gasteiger partial charge in [0.2, 0.25) is 0 Å². The van der Waals surface area contributed by atoms with Gasteiger partial charge in [-0.3, -0.25) is 0 Å². The van der Waals surface area contributed by atoms with Crippen LogP contribution < -0.4 is 0 Å². The molecule has 1 aromatic heterocycles. The third kappa shape index (κ3) is 3.59. The van der Waals surface area contributed by atoms with Crippen molar-refractivity contribution >= 4 is 45.4 Å². The average molecular weight is 338 g/mol. The van der Waals surface area contributed by atoms with Gasteiger partial charge < -0.3 is 5.11 Å². The van der Waals surface area contributed by atoms with Crippen molar-refractivity contribution in [3.8, 4) is 6.07 Å². The first-order valence-corrected chi connectivity index (χ1v) is 8.27. The van der Waals surface area contributed by atoms with E-state index in [0.29, 0.717) is 9.90 Å². The second kappa shape index (κ2) is 6.65. The molecule has 0 aliphatic heterocycles. The third-order valence-electron chi connectivity index (χ3n) is 3.02. The Morgan fingerprint density at radius 2 is 1.96 bits per heavy atom. The second-order valence-electron chi connectivity index (χ2n) is 4.60. The number of hydrogen-bond donors (Lipinski definition) is 1. The standard InChI is InChI=1S/C17H10N2O2S2/c18-10-12-7-5-11(6-8-12)9-15(16(20)21)23-17-19-13-3-1-2-4-14(13)22-17/h1-9H,(H,20,21)/b15-9+. The van der Waals surface area contributed by atoms with Gasteiger partial charge in [-0.25, -0.2) is 9.78 Å². The van der Waals surface area contributed by atoms with Crippen LogP contribution in [0, 0.1) is 11.3 Å². The van der Waals surface area contributed by atoms with Crippen LogP contribution in [0.25, 0.3) is 16.3 Å². The van der Waals surface area contributed by atoms with Crippen LogP contribution in [0.4, 0.5) is 0 Å². The summed E-state index contributed by atoms with van der Waals surface area (Å²) in [6, 6.07) is 16.5. The van der Waals surface area contributed by atoms with E-state index in [4.69, 9.17) is 5.26 Å². The molecule has 112 valence electrons. The maximum absolute atomic E-state index is 11.5. The average Bonchev–Trinajstić information content (AvgIpc) is 2.97. The molecule has 3 rings (SSSR count). The number of rotatable bonds is 4. The normalized spacial score (nSPS) is 11.3. The number of hydrogen-bond acceptors (Lipinski definition) is 5. The number of carboxylic acids is 1. The highest BCUT2D eigenvalue weighted by molar-refractivity contribution is 8.05. The lowest BCUT2D eigenvalue weighted by Gasteiger charge is -2.00. The van der Waals surface area contributed by atoms with Crippen LogP contribution in [0.5, 0.6) is 0 Å². The number of nitriles is 1. The zero-order chi connectivity index (χ0) is 16.2. The fourth-order valence-corrected chi connectivity index (χ4v) is 3.95. The minimum atomic E-state index is -1.00. The van der Waals surface area contributed by atoms with E-state index in [9.17, 15) is 9.90 Å². The number of carbonyl (C=O) groups is 1. The van der Waals surface area contributed by atoms with Gasteiger partial charge in [-0.15, -0.1) is 11.3 Å². The molecule has 4 nitrogen and oxygen atoms in total. The molecule has 0 aliphatic carbocycles. The van der Waals surface area contributed by atoms with Gasteiger partial charge in [0.25, 0.3) is 0 Å². The number of nitrogens with zero attached hydrogens (tertiary/aromatic N) is 2. The second-order valence-corrected chi connectivity index (χ2v) is 6.92. The summed E-state index contributed by atoms with van der Waals surface area (Å²) < 4.78 is 1.71. The number of thiazole rings is 1. The first kappa shape index (κ1) is 15.3. The van der Waals surface area contributed by atoms with E-state index in [1.54, 1.807) is 30.3 Å². The summed E-state index contributed by atoms with van der Waals surface area (Å²) >= 11 is 2.60. The zero-order valence-corrected chi connectivity index (χ0v) is 13.4. The van der Waals surface area contributed by atoms with Crippen molar-refractivity contribution < 1.29 is 9.90 Å². The molecule has 0 spiro atoms. The van der Waals surface area contributed by atoms with E-state index in [0.717, 1.165) is 27.5 Å². The van der Waals surface area contributed by atoms with Gasteiger partial charge >= 0.3 is 5.97 Å². The van der Waals surface area contributed by atoms with Crippen molar-refractivity contribution in [2.45, 2.75) is 4.34 Å². The Balaban J connectivity index is 1.90. The van der Waals surface area contributed by atoms with Crippen LogP contribution >= 0.6 is 23.1 Å². The first-order chi connectivity index (χ1) is 11.2. The lowest BCUT2D eigenvalue weighted by Crippen LogP contribution is -1.96. The summed E-state index contributed by atoms with van der Waals surface area (Å²) in [4.78, 5) is 16.1. The lowest BCUT2D eigenvalue weighted by atomic mass is 10.1. The zero-order valence-electron chi connectivity index (χ0n) is 11.8. The van der Waals surface area contributed by atoms with E-state index < -0.39 is 5.97 Å². The predicted molar refractivity (Wildman–Crippen MR) is 92.2 cm³/mol. The number of benzene rings is 2. The smallest absolute Gasteiger partial charge is 0.342 e. The number of para-hydroxylation sites is 1. The third-order valence-corrected chi connectivity index (χ3v) is 5.13. The van der Waals surface area contributed by atoms with E-state index in [2.05, 4.69) is 4.98 Å². The number of fused-ring (bicyclic) bond motifs is 1. The van der Waals surface area contributed by atoms with Gasteiger partial charge in [-0.05, 0) is 35.9 Å². The summed E-state index contributed by atoms with van der Waals surface area (Å²) in [5, 5.41) is 18.2. The minimum absolute atomic E-state index is 0.189. The van der Waals surface area contributed by atoms with Crippen molar-refractivity contribution in [2.75, 3.05) is 0 Å². The quantitative estimate of drug-likeness (QED) is 0.564. The number of thioether (sulfide) groups is 1. The largest absolute Gasteiger partial charge is 0.477 e. The fourth-order valence-electron chi connectivity index (χ4n) is 1.93. The summed E-state index contributed by atoms with van der Waals surface area (Å²) in [6.07, 6.45) is 1.58. The Bertz CT molecular complexity index is 904. The van der Waals surface area contributed by atoms with Gasteiger partial charge in [0.05, 0.1) is 21.8 Å². The molecule has 0 bridgehead atoms. The predicted octanol–water partition coefficient (Wildman–Crippen LogP) is 4.39. The molecule has 23 heavy (non-hydrogen) atoms. The Morgan fingerprint density at radius 3 is 2.61 bits per heavy atom.